The van der Waals surface area contributed by atoms with Crippen molar-refractivity contribution in [3.8, 4) is 12.3 Å². The first kappa shape index (κ1) is 29.9. The molecule has 5 unspecified atom stereocenters. The van der Waals surface area contributed by atoms with E-state index in [1.54, 1.807) is 0 Å². The number of anilines is 1. The molecule has 1 fully saturated rings. The monoisotopic (exact) mass is 574 g/mol. The van der Waals surface area contributed by atoms with E-state index >= 15 is 0 Å². The molecule has 7 atom stereocenters. The van der Waals surface area contributed by atoms with Crippen LogP contribution in [0, 0.1) is 12.3 Å². The van der Waals surface area contributed by atoms with Crippen molar-refractivity contribution >= 4 is 33.5 Å². The van der Waals surface area contributed by atoms with Crippen LogP contribution in [0.15, 0.2) is 17.8 Å². The zero-order chi connectivity index (χ0) is 27.5. The fourth-order valence-corrected chi connectivity index (χ4v) is 4.94. The van der Waals surface area contributed by atoms with E-state index < -0.39 is 53.9 Å². The fourth-order valence-electron chi connectivity index (χ4n) is 3.74. The van der Waals surface area contributed by atoms with E-state index in [1.807, 2.05) is 0 Å². The van der Waals surface area contributed by atoms with Crippen LogP contribution < -0.4 is 5.73 Å². The van der Waals surface area contributed by atoms with Crippen molar-refractivity contribution in [2.75, 3.05) is 25.5 Å². The normalized spacial score (nSPS) is 23.5. The lowest BCUT2D eigenvalue weighted by Crippen LogP contribution is -2.39. The maximum absolute atomic E-state index is 12.3. The number of azide groups is 1. The van der Waals surface area contributed by atoms with Crippen molar-refractivity contribution in [1.82, 2.24) is 19.5 Å². The molecular formula is C19H28N8O9P2. The standard InChI is InChI=1S/C19H28N8O9P2/c1-2-13(35-38(31)32-8-6-4-3-5-7-25-26-21)34-16-15(36-37(29)30)12(9-28)33-19(16)27-11-24-14-17(20)22-10-23-18(14)27/h1,10-13,15-16,19,28,37-38H,3-9H2,(H,29,30)(H2,20,22,23)/t12-,13?,15?,16?,19-/m1/s1. The molecule has 1 saturated heterocycles. The van der Waals surface area contributed by atoms with Gasteiger partial charge in [0.2, 0.25) is 6.29 Å². The van der Waals surface area contributed by atoms with Crippen LogP contribution in [-0.2, 0) is 32.2 Å². The van der Waals surface area contributed by atoms with Gasteiger partial charge in [0, 0.05) is 11.5 Å². The Balaban J connectivity index is 1.68. The highest BCUT2D eigenvalue weighted by atomic mass is 31.1. The molecule has 0 amide bonds. The van der Waals surface area contributed by atoms with Gasteiger partial charge in [-0.15, -0.1) is 6.42 Å². The van der Waals surface area contributed by atoms with E-state index in [0.29, 0.717) is 13.0 Å². The number of aliphatic hydroxyl groups excluding tert-OH is 1. The first-order valence-corrected chi connectivity index (χ1v) is 13.9. The smallest absolute Gasteiger partial charge is 0.322 e. The van der Waals surface area contributed by atoms with E-state index in [2.05, 4.69) is 30.9 Å². The molecule has 0 radical (unpaired) electrons. The Labute approximate surface area is 218 Å². The summed E-state index contributed by atoms with van der Waals surface area (Å²) in [5, 5.41) is 13.3. The number of unbranched alkanes of at least 4 members (excludes halogenated alkanes) is 3. The summed E-state index contributed by atoms with van der Waals surface area (Å²) in [4.78, 5) is 24.3. The highest BCUT2D eigenvalue weighted by Gasteiger charge is 2.49. The summed E-state index contributed by atoms with van der Waals surface area (Å²) in [5.41, 5.74) is 14.6. The summed E-state index contributed by atoms with van der Waals surface area (Å²) >= 11 is 0. The number of rotatable bonds is 16. The quantitative estimate of drug-likeness (QED) is 0.0492. The van der Waals surface area contributed by atoms with Gasteiger partial charge in [-0.25, -0.2) is 15.0 Å². The lowest BCUT2D eigenvalue weighted by Gasteiger charge is -2.26. The molecule has 1 aliphatic rings. The Morgan fingerprint density at radius 3 is 2.79 bits per heavy atom. The number of hydrogen-bond donors (Lipinski definition) is 3. The molecule has 0 aromatic carbocycles. The molecule has 19 heteroatoms. The van der Waals surface area contributed by atoms with Gasteiger partial charge in [0.15, 0.2) is 17.7 Å². The highest BCUT2D eigenvalue weighted by Crippen LogP contribution is 2.40. The fraction of sp³-hybridized carbons (Fsp3) is 0.632. The lowest BCUT2D eigenvalue weighted by atomic mass is 10.1. The van der Waals surface area contributed by atoms with Crippen molar-refractivity contribution in [3.63, 3.8) is 0 Å². The molecule has 4 N–H and O–H groups in total. The van der Waals surface area contributed by atoms with Crippen molar-refractivity contribution in [2.24, 2.45) is 5.11 Å². The molecule has 2 aromatic heterocycles. The Bertz CT molecular complexity index is 1200. The van der Waals surface area contributed by atoms with Crippen LogP contribution in [0.5, 0.6) is 0 Å². The predicted molar refractivity (Wildman–Crippen MR) is 133 cm³/mol. The number of nitrogen functional groups attached to an aromatic ring is 1. The molecule has 3 rings (SSSR count). The first-order valence-electron chi connectivity index (χ1n) is 11.4. The van der Waals surface area contributed by atoms with Crippen LogP contribution in [-0.4, -0.2) is 73.9 Å². The van der Waals surface area contributed by atoms with Crippen LogP contribution in [0.2, 0.25) is 0 Å². The van der Waals surface area contributed by atoms with Gasteiger partial charge in [-0.3, -0.25) is 18.2 Å². The minimum atomic E-state index is -3.51. The highest BCUT2D eigenvalue weighted by molar-refractivity contribution is 7.33. The average Bonchev–Trinajstić information content (AvgIpc) is 3.47. The zero-order valence-electron chi connectivity index (χ0n) is 20.0. The number of ether oxygens (including phenoxy) is 2. The SMILES string of the molecule is C#CC(OC1C(O[PH](=O)O)[C@@H](CO)O[C@H]1n1cnc2c(N)ncnc21)O[PH](=O)OCCCCCCN=[N+]=[N-]. The van der Waals surface area contributed by atoms with E-state index in [0.717, 1.165) is 19.3 Å². The average molecular weight is 574 g/mol. The van der Waals surface area contributed by atoms with Crippen LogP contribution in [0.4, 0.5) is 5.82 Å². The second-order valence-corrected chi connectivity index (χ2v) is 9.66. The topological polar surface area (TPSA) is 239 Å². The van der Waals surface area contributed by atoms with E-state index in [4.69, 9.17) is 40.7 Å². The van der Waals surface area contributed by atoms with Crippen LogP contribution >= 0.6 is 16.5 Å². The second kappa shape index (κ2) is 15.1. The maximum atomic E-state index is 12.3. The van der Waals surface area contributed by atoms with E-state index in [9.17, 15) is 19.1 Å². The van der Waals surface area contributed by atoms with Crippen molar-refractivity contribution in [2.45, 2.75) is 56.5 Å². The molecule has 2 aromatic rings. The number of terminal acetylenes is 1. The van der Waals surface area contributed by atoms with Gasteiger partial charge < -0.3 is 34.3 Å². The van der Waals surface area contributed by atoms with Gasteiger partial charge in [0.25, 0.3) is 0 Å². The van der Waals surface area contributed by atoms with Crippen LogP contribution in [0.25, 0.3) is 21.6 Å². The third-order valence-corrected chi connectivity index (χ3v) is 6.74. The Morgan fingerprint density at radius 1 is 1.29 bits per heavy atom. The molecule has 0 saturated carbocycles. The van der Waals surface area contributed by atoms with Gasteiger partial charge in [0.05, 0.1) is 19.5 Å². The number of aromatic nitrogens is 4. The maximum Gasteiger partial charge on any atom is 0.322 e. The van der Waals surface area contributed by atoms with E-state index in [-0.39, 0.29) is 23.6 Å². The Kier molecular flexibility index (Phi) is 11.9. The van der Waals surface area contributed by atoms with Crippen molar-refractivity contribution in [3.05, 3.63) is 23.1 Å². The summed E-state index contributed by atoms with van der Waals surface area (Å²) in [7, 11) is -6.60. The molecular weight excluding hydrogens is 546 g/mol. The molecule has 0 bridgehead atoms. The molecule has 3 heterocycles. The Morgan fingerprint density at radius 2 is 2.08 bits per heavy atom. The molecule has 1 aliphatic heterocycles. The van der Waals surface area contributed by atoms with Gasteiger partial charge in [0.1, 0.15) is 30.2 Å². The summed E-state index contributed by atoms with van der Waals surface area (Å²) in [6.07, 6.45) is 4.69. The molecule has 0 spiro atoms. The summed E-state index contributed by atoms with van der Waals surface area (Å²) in [5.74, 6) is 2.30. The first-order chi connectivity index (χ1) is 18.4. The number of hydrogen-bond acceptors (Lipinski definition) is 13. The third-order valence-electron chi connectivity index (χ3n) is 5.42. The summed E-state index contributed by atoms with van der Waals surface area (Å²) in [6.45, 7) is -0.0465. The minimum Gasteiger partial charge on any atom is -0.394 e. The predicted octanol–water partition coefficient (Wildman–Crippen LogP) is 1.70. The third kappa shape index (κ3) is 7.95. The Hall–Kier alpha value is -2.60. The minimum absolute atomic E-state index is 0.104. The van der Waals surface area contributed by atoms with Crippen LogP contribution in [0.1, 0.15) is 31.9 Å². The number of fused-ring (bicyclic) bond motifs is 1. The van der Waals surface area contributed by atoms with Gasteiger partial charge in [-0.1, -0.05) is 18.0 Å². The number of nitrogens with zero attached hydrogens (tertiary/aromatic N) is 7. The van der Waals surface area contributed by atoms with Gasteiger partial charge >= 0.3 is 16.5 Å². The van der Waals surface area contributed by atoms with Crippen molar-refractivity contribution < 1.29 is 42.2 Å². The van der Waals surface area contributed by atoms with E-state index in [1.165, 1.54) is 17.2 Å². The summed E-state index contributed by atoms with van der Waals surface area (Å²) in [6, 6.07) is 0. The van der Waals surface area contributed by atoms with Crippen LogP contribution in [0.3, 0.4) is 0 Å². The zero-order valence-corrected chi connectivity index (χ0v) is 22.0. The van der Waals surface area contributed by atoms with Gasteiger partial charge in [-0.2, -0.15) is 0 Å². The number of imidazole rings is 1. The molecule has 38 heavy (non-hydrogen) atoms. The largest absolute Gasteiger partial charge is 0.394 e. The summed E-state index contributed by atoms with van der Waals surface area (Å²) < 4.78 is 52.5. The van der Waals surface area contributed by atoms with Crippen molar-refractivity contribution in [1.29, 1.82) is 0 Å². The lowest BCUT2D eigenvalue weighted by molar-refractivity contribution is -0.138. The number of aliphatic hydroxyl groups is 1. The number of nitrogens with two attached hydrogens (primary N) is 1. The second-order valence-electron chi connectivity index (χ2n) is 7.86. The van der Waals surface area contributed by atoms with Gasteiger partial charge in [-0.05, 0) is 24.3 Å². The molecule has 208 valence electrons. The molecule has 17 nitrogen and oxygen atoms in total. The molecule has 0 aliphatic carbocycles.